The molecule has 2 rings (SSSR count). The Kier molecular flexibility index (Phi) is 6.45. The van der Waals surface area contributed by atoms with E-state index in [1.165, 1.54) is 5.56 Å². The average Bonchev–Trinajstić information content (AvgIpc) is 2.56. The van der Waals surface area contributed by atoms with Gasteiger partial charge < -0.3 is 15.7 Å². The molecule has 0 aromatic heterocycles. The first-order valence-corrected chi connectivity index (χ1v) is 7.53. The Bertz CT molecular complexity index is 558. The molecule has 3 N–H and O–H groups in total. The fraction of sp³-hybridized carbons (Fsp3) is 0.278. The summed E-state index contributed by atoms with van der Waals surface area (Å²) in [6.45, 7) is 0.543. The van der Waals surface area contributed by atoms with Gasteiger partial charge in [-0.1, -0.05) is 60.7 Å². The van der Waals surface area contributed by atoms with E-state index in [-0.39, 0.29) is 18.7 Å². The van der Waals surface area contributed by atoms with Crippen LogP contribution in [0.25, 0.3) is 0 Å². The highest BCUT2D eigenvalue weighted by Crippen LogP contribution is 2.18. The molecule has 22 heavy (non-hydrogen) atoms. The summed E-state index contributed by atoms with van der Waals surface area (Å²) in [5.41, 5.74) is 2.25. The zero-order valence-electron chi connectivity index (χ0n) is 12.5. The molecule has 2 amide bonds. The first kappa shape index (κ1) is 16.0. The molecular formula is C18H22N2O2. The summed E-state index contributed by atoms with van der Waals surface area (Å²) >= 11 is 0. The van der Waals surface area contributed by atoms with Gasteiger partial charge in [-0.3, -0.25) is 0 Å². The first-order chi connectivity index (χ1) is 10.8. The van der Waals surface area contributed by atoms with Gasteiger partial charge in [0, 0.05) is 13.2 Å². The van der Waals surface area contributed by atoms with E-state index in [4.69, 9.17) is 5.11 Å². The minimum Gasteiger partial charge on any atom is -0.396 e. The molecule has 1 atom stereocenters. The highest BCUT2D eigenvalue weighted by atomic mass is 16.3. The molecule has 4 heteroatoms. The molecule has 0 aliphatic rings. The van der Waals surface area contributed by atoms with Crippen LogP contribution in [0.5, 0.6) is 0 Å². The molecule has 0 aliphatic heterocycles. The topological polar surface area (TPSA) is 61.4 Å². The van der Waals surface area contributed by atoms with Crippen LogP contribution in [-0.2, 0) is 6.42 Å². The largest absolute Gasteiger partial charge is 0.396 e. The number of carbonyl (C=O) groups is 1. The van der Waals surface area contributed by atoms with Gasteiger partial charge in [-0.2, -0.15) is 0 Å². The number of nitrogens with one attached hydrogen (secondary N) is 2. The molecule has 0 bridgehead atoms. The van der Waals surface area contributed by atoms with Crippen LogP contribution < -0.4 is 10.6 Å². The van der Waals surface area contributed by atoms with Gasteiger partial charge in [-0.15, -0.1) is 0 Å². The smallest absolute Gasteiger partial charge is 0.315 e. The molecule has 0 saturated heterocycles. The number of hydrogen-bond donors (Lipinski definition) is 3. The molecule has 0 radical (unpaired) electrons. The Balaban J connectivity index is 2.04. The molecule has 0 saturated carbocycles. The number of rotatable bonds is 7. The van der Waals surface area contributed by atoms with Crippen molar-refractivity contribution in [1.82, 2.24) is 10.6 Å². The summed E-state index contributed by atoms with van der Waals surface area (Å²) in [4.78, 5) is 12.0. The number of aliphatic hydroxyl groups is 1. The fourth-order valence-corrected chi connectivity index (χ4v) is 2.28. The zero-order chi connectivity index (χ0) is 15.6. The summed E-state index contributed by atoms with van der Waals surface area (Å²) < 4.78 is 0. The monoisotopic (exact) mass is 298 g/mol. The van der Waals surface area contributed by atoms with Crippen molar-refractivity contribution in [3.8, 4) is 0 Å². The normalized spacial score (nSPS) is 11.7. The number of benzene rings is 2. The standard InChI is InChI=1S/C18H22N2O2/c21-13-7-12-19-18(22)20-17(16-10-5-2-6-11-16)14-15-8-3-1-4-9-15/h1-6,8-11,17,21H,7,12-14H2,(H2,19,20,22)/t17-/m0/s1. The fourth-order valence-electron chi connectivity index (χ4n) is 2.28. The van der Waals surface area contributed by atoms with Gasteiger partial charge in [0.2, 0.25) is 0 Å². The van der Waals surface area contributed by atoms with Crippen molar-refractivity contribution in [2.45, 2.75) is 18.9 Å². The average molecular weight is 298 g/mol. The van der Waals surface area contributed by atoms with E-state index >= 15 is 0 Å². The first-order valence-electron chi connectivity index (χ1n) is 7.53. The third-order valence-corrected chi connectivity index (χ3v) is 3.41. The van der Waals surface area contributed by atoms with Crippen molar-refractivity contribution >= 4 is 6.03 Å². The van der Waals surface area contributed by atoms with Crippen LogP contribution in [-0.4, -0.2) is 24.3 Å². The van der Waals surface area contributed by atoms with Crippen molar-refractivity contribution in [1.29, 1.82) is 0 Å². The number of urea groups is 1. The number of carbonyl (C=O) groups excluding carboxylic acids is 1. The second-order valence-electron chi connectivity index (χ2n) is 5.13. The maximum absolute atomic E-state index is 12.0. The zero-order valence-corrected chi connectivity index (χ0v) is 12.5. The Hall–Kier alpha value is -2.33. The summed E-state index contributed by atoms with van der Waals surface area (Å²) in [6.07, 6.45) is 1.29. The van der Waals surface area contributed by atoms with Gasteiger partial charge in [0.1, 0.15) is 0 Å². The van der Waals surface area contributed by atoms with Crippen LogP contribution >= 0.6 is 0 Å². The lowest BCUT2D eigenvalue weighted by Crippen LogP contribution is -2.39. The molecule has 0 aliphatic carbocycles. The minimum atomic E-state index is -0.210. The van der Waals surface area contributed by atoms with E-state index in [0.717, 1.165) is 12.0 Å². The highest BCUT2D eigenvalue weighted by molar-refractivity contribution is 5.74. The van der Waals surface area contributed by atoms with Gasteiger partial charge >= 0.3 is 6.03 Å². The molecule has 0 fully saturated rings. The number of hydrogen-bond acceptors (Lipinski definition) is 2. The van der Waals surface area contributed by atoms with E-state index in [2.05, 4.69) is 22.8 Å². The highest BCUT2D eigenvalue weighted by Gasteiger charge is 2.14. The Morgan fingerprint density at radius 2 is 1.64 bits per heavy atom. The van der Waals surface area contributed by atoms with Crippen molar-refractivity contribution in [2.75, 3.05) is 13.2 Å². The quantitative estimate of drug-likeness (QED) is 0.688. The van der Waals surface area contributed by atoms with Crippen molar-refractivity contribution in [2.24, 2.45) is 0 Å². The van der Waals surface area contributed by atoms with Crippen LogP contribution in [0.2, 0.25) is 0 Å². The predicted molar refractivity (Wildman–Crippen MR) is 87.6 cm³/mol. The Labute approximate surface area is 131 Å². The van der Waals surface area contributed by atoms with Crippen molar-refractivity contribution < 1.29 is 9.90 Å². The number of aliphatic hydroxyl groups excluding tert-OH is 1. The second kappa shape index (κ2) is 8.85. The van der Waals surface area contributed by atoms with Gasteiger partial charge in [0.25, 0.3) is 0 Å². The maximum Gasteiger partial charge on any atom is 0.315 e. The molecule has 0 heterocycles. The van der Waals surface area contributed by atoms with Gasteiger partial charge in [0.05, 0.1) is 6.04 Å². The summed E-state index contributed by atoms with van der Waals surface area (Å²) in [7, 11) is 0. The summed E-state index contributed by atoms with van der Waals surface area (Å²) in [5, 5.41) is 14.5. The van der Waals surface area contributed by atoms with E-state index in [0.29, 0.717) is 13.0 Å². The molecule has 4 nitrogen and oxygen atoms in total. The predicted octanol–water partition coefficient (Wildman–Crippen LogP) is 2.65. The van der Waals surface area contributed by atoms with Crippen LogP contribution in [0, 0.1) is 0 Å². The van der Waals surface area contributed by atoms with E-state index in [9.17, 15) is 4.79 Å². The Morgan fingerprint density at radius 1 is 1.00 bits per heavy atom. The van der Waals surface area contributed by atoms with Gasteiger partial charge in [0.15, 0.2) is 0 Å². The lowest BCUT2D eigenvalue weighted by Gasteiger charge is -2.20. The summed E-state index contributed by atoms with van der Waals surface area (Å²) in [5.74, 6) is 0. The van der Waals surface area contributed by atoms with Crippen LogP contribution in [0.3, 0.4) is 0 Å². The lowest BCUT2D eigenvalue weighted by atomic mass is 9.99. The van der Waals surface area contributed by atoms with E-state index < -0.39 is 0 Å². The Morgan fingerprint density at radius 3 is 2.27 bits per heavy atom. The molecule has 0 spiro atoms. The molecule has 2 aromatic carbocycles. The second-order valence-corrected chi connectivity index (χ2v) is 5.13. The maximum atomic E-state index is 12.0. The van der Waals surface area contributed by atoms with Gasteiger partial charge in [-0.25, -0.2) is 4.79 Å². The molecule has 116 valence electrons. The molecule has 2 aromatic rings. The third kappa shape index (κ3) is 5.22. The molecular weight excluding hydrogens is 276 g/mol. The van der Waals surface area contributed by atoms with Crippen LogP contribution in [0.4, 0.5) is 4.79 Å². The van der Waals surface area contributed by atoms with Gasteiger partial charge in [-0.05, 0) is 24.0 Å². The third-order valence-electron chi connectivity index (χ3n) is 3.41. The number of amides is 2. The van der Waals surface area contributed by atoms with Crippen molar-refractivity contribution in [3.63, 3.8) is 0 Å². The van der Waals surface area contributed by atoms with Crippen molar-refractivity contribution in [3.05, 3.63) is 71.8 Å². The van der Waals surface area contributed by atoms with E-state index in [1.807, 2.05) is 48.5 Å². The van der Waals surface area contributed by atoms with Crippen LogP contribution in [0.15, 0.2) is 60.7 Å². The SMILES string of the molecule is O=C(NCCCO)N[C@@H](Cc1ccccc1)c1ccccc1. The minimum absolute atomic E-state index is 0.0758. The van der Waals surface area contributed by atoms with E-state index in [1.54, 1.807) is 0 Å². The lowest BCUT2D eigenvalue weighted by molar-refractivity contribution is 0.234. The summed E-state index contributed by atoms with van der Waals surface area (Å²) in [6, 6.07) is 19.7. The van der Waals surface area contributed by atoms with Crippen LogP contribution in [0.1, 0.15) is 23.6 Å². The molecule has 0 unspecified atom stereocenters.